The van der Waals surface area contributed by atoms with Gasteiger partial charge in [0.25, 0.3) is 5.56 Å². The molecule has 0 atom stereocenters. The average molecular weight is 311 g/mol. The van der Waals surface area contributed by atoms with Crippen LogP contribution >= 0.6 is 11.8 Å². The second-order valence-corrected chi connectivity index (χ2v) is 6.06. The van der Waals surface area contributed by atoms with E-state index in [2.05, 4.69) is 20.8 Å². The van der Waals surface area contributed by atoms with Crippen LogP contribution in [0.3, 0.4) is 0 Å². The van der Waals surface area contributed by atoms with Crippen molar-refractivity contribution < 1.29 is 0 Å². The van der Waals surface area contributed by atoms with Gasteiger partial charge >= 0.3 is 0 Å². The molecule has 0 spiro atoms. The molecule has 0 bridgehead atoms. The first-order valence-electron chi connectivity index (χ1n) is 7.14. The van der Waals surface area contributed by atoms with Crippen molar-refractivity contribution in [2.45, 2.75) is 24.7 Å². The highest BCUT2D eigenvalue weighted by molar-refractivity contribution is 7.98. The van der Waals surface area contributed by atoms with Crippen molar-refractivity contribution >= 4 is 11.8 Å². The molecule has 3 rings (SSSR count). The first kappa shape index (κ1) is 14.9. The van der Waals surface area contributed by atoms with Gasteiger partial charge in [-0.2, -0.15) is 0 Å². The Morgan fingerprint density at radius 2 is 2.27 bits per heavy atom. The van der Waals surface area contributed by atoms with E-state index in [-0.39, 0.29) is 5.56 Å². The predicted octanol–water partition coefficient (Wildman–Crippen LogP) is 2.03. The molecule has 0 fully saturated rings. The number of hydrogen-bond donors (Lipinski definition) is 1. The van der Waals surface area contributed by atoms with Crippen molar-refractivity contribution in [3.05, 3.63) is 57.0 Å². The summed E-state index contributed by atoms with van der Waals surface area (Å²) in [5, 5.41) is 0.690. The van der Waals surface area contributed by atoms with Crippen molar-refractivity contribution in [1.82, 2.24) is 14.9 Å². The van der Waals surface area contributed by atoms with Crippen LogP contribution < -0.4 is 5.56 Å². The van der Waals surface area contributed by atoms with Crippen LogP contribution in [0.1, 0.15) is 22.4 Å². The highest BCUT2D eigenvalue weighted by Gasteiger charge is 2.21. The average Bonchev–Trinajstić information content (AvgIpc) is 2.55. The van der Waals surface area contributed by atoms with Gasteiger partial charge < -0.3 is 4.98 Å². The number of nitrogens with one attached hydrogen (secondary N) is 1. The summed E-state index contributed by atoms with van der Waals surface area (Å²) < 4.78 is 0. The van der Waals surface area contributed by atoms with Crippen molar-refractivity contribution in [2.75, 3.05) is 12.8 Å². The summed E-state index contributed by atoms with van der Waals surface area (Å²) in [4.78, 5) is 21.8. The van der Waals surface area contributed by atoms with Crippen molar-refractivity contribution in [1.29, 1.82) is 0 Å². The lowest BCUT2D eigenvalue weighted by molar-refractivity contribution is 0.240. The van der Waals surface area contributed by atoms with E-state index in [1.165, 1.54) is 11.8 Å². The molecule has 1 N–H and O–H groups in total. The minimum absolute atomic E-state index is 0.0238. The smallest absolute Gasteiger partial charge is 0.256 e. The molecule has 0 saturated carbocycles. The Kier molecular flexibility index (Phi) is 4.32. The molecular weight excluding hydrogens is 294 g/mol. The molecule has 1 aliphatic heterocycles. The number of terminal acetylenes is 1. The zero-order valence-electron chi connectivity index (χ0n) is 12.4. The summed E-state index contributed by atoms with van der Waals surface area (Å²) >= 11 is 1.46. The molecule has 4 nitrogen and oxygen atoms in total. The van der Waals surface area contributed by atoms with Crippen LogP contribution in [0.5, 0.6) is 0 Å². The van der Waals surface area contributed by atoms with Crippen LogP contribution in [0.4, 0.5) is 0 Å². The van der Waals surface area contributed by atoms with Crippen LogP contribution in [0.2, 0.25) is 0 Å². The van der Waals surface area contributed by atoms with Gasteiger partial charge in [-0.05, 0) is 17.9 Å². The molecule has 1 aromatic heterocycles. The third kappa shape index (κ3) is 2.94. The Morgan fingerprint density at radius 1 is 1.45 bits per heavy atom. The largest absolute Gasteiger partial charge is 0.301 e. The number of rotatable bonds is 3. The molecule has 0 aliphatic carbocycles. The number of hydrogen-bond acceptors (Lipinski definition) is 4. The SMILES string of the molecule is C#Cc1ccccc1CN1CCc2nc(SC)[nH]c(=O)c2C1. The van der Waals surface area contributed by atoms with Gasteiger partial charge in [-0.25, -0.2) is 4.98 Å². The van der Waals surface area contributed by atoms with Crippen LogP contribution in [0.15, 0.2) is 34.2 Å². The maximum absolute atomic E-state index is 12.2. The second-order valence-electron chi connectivity index (χ2n) is 5.26. The highest BCUT2D eigenvalue weighted by atomic mass is 32.2. The van der Waals surface area contributed by atoms with Crippen LogP contribution in [0.25, 0.3) is 0 Å². The number of aromatic amines is 1. The topological polar surface area (TPSA) is 49.0 Å². The molecule has 0 radical (unpaired) electrons. The molecule has 5 heteroatoms. The summed E-state index contributed by atoms with van der Waals surface area (Å²) in [6.07, 6.45) is 8.26. The second kappa shape index (κ2) is 6.39. The third-order valence-corrected chi connectivity index (χ3v) is 4.47. The van der Waals surface area contributed by atoms with Gasteiger partial charge in [-0.3, -0.25) is 9.69 Å². The fourth-order valence-electron chi connectivity index (χ4n) is 2.73. The Bertz CT molecular complexity index is 791. The standard InChI is InChI=1S/C17H17N3OS/c1-3-12-6-4-5-7-13(12)10-20-9-8-15-14(11-20)16(21)19-17(18-15)22-2/h1,4-7H,8-11H2,2H3,(H,18,19,21). The summed E-state index contributed by atoms with van der Waals surface area (Å²) in [5.41, 5.74) is 3.72. The molecule has 112 valence electrons. The molecule has 2 aromatic rings. The fourth-order valence-corrected chi connectivity index (χ4v) is 3.13. The van der Waals surface area contributed by atoms with Crippen LogP contribution in [-0.4, -0.2) is 27.7 Å². The number of thioether (sulfide) groups is 1. The monoisotopic (exact) mass is 311 g/mol. The molecule has 22 heavy (non-hydrogen) atoms. The lowest BCUT2D eigenvalue weighted by Gasteiger charge is -2.28. The maximum atomic E-state index is 12.2. The zero-order valence-corrected chi connectivity index (χ0v) is 13.2. The molecule has 0 unspecified atom stereocenters. The minimum atomic E-state index is -0.0238. The van der Waals surface area contributed by atoms with Gasteiger partial charge in [0.1, 0.15) is 0 Å². The van der Waals surface area contributed by atoms with Gasteiger partial charge in [0.05, 0.1) is 11.3 Å². The lowest BCUT2D eigenvalue weighted by Crippen LogP contribution is -2.35. The Balaban J connectivity index is 1.83. The lowest BCUT2D eigenvalue weighted by atomic mass is 10.0. The van der Waals surface area contributed by atoms with E-state index in [1.54, 1.807) is 0 Å². The van der Waals surface area contributed by atoms with Crippen molar-refractivity contribution in [3.63, 3.8) is 0 Å². The number of aromatic nitrogens is 2. The Labute approximate surface area is 134 Å². The fraction of sp³-hybridized carbons (Fsp3) is 0.294. The quantitative estimate of drug-likeness (QED) is 0.535. The van der Waals surface area contributed by atoms with Crippen LogP contribution in [0, 0.1) is 12.3 Å². The first-order valence-corrected chi connectivity index (χ1v) is 8.36. The summed E-state index contributed by atoms with van der Waals surface area (Å²) in [7, 11) is 0. The summed E-state index contributed by atoms with van der Waals surface area (Å²) in [5.74, 6) is 2.72. The van der Waals surface area contributed by atoms with E-state index in [9.17, 15) is 4.79 Å². The van der Waals surface area contributed by atoms with E-state index < -0.39 is 0 Å². The number of nitrogens with zero attached hydrogens (tertiary/aromatic N) is 2. The van der Waals surface area contributed by atoms with E-state index in [4.69, 9.17) is 6.42 Å². The van der Waals surface area contributed by atoms with Gasteiger partial charge in [-0.15, -0.1) is 6.42 Å². The normalized spacial score (nSPS) is 14.4. The minimum Gasteiger partial charge on any atom is -0.301 e. The molecular formula is C17H17N3OS. The molecule has 1 aliphatic rings. The molecule has 0 saturated heterocycles. The molecule has 1 aromatic carbocycles. The third-order valence-electron chi connectivity index (χ3n) is 3.89. The number of fused-ring (bicyclic) bond motifs is 1. The number of benzene rings is 1. The van der Waals surface area contributed by atoms with Gasteiger partial charge in [0.2, 0.25) is 0 Å². The van der Waals surface area contributed by atoms with Crippen molar-refractivity contribution in [2.24, 2.45) is 0 Å². The Hall–Kier alpha value is -2.03. The van der Waals surface area contributed by atoms with E-state index in [0.717, 1.165) is 41.9 Å². The van der Waals surface area contributed by atoms with Crippen molar-refractivity contribution in [3.8, 4) is 12.3 Å². The zero-order chi connectivity index (χ0) is 15.5. The number of H-pyrrole nitrogens is 1. The molecule has 2 heterocycles. The summed E-state index contributed by atoms with van der Waals surface area (Å²) in [6, 6.07) is 7.94. The van der Waals surface area contributed by atoms with Gasteiger partial charge in [0.15, 0.2) is 5.16 Å². The maximum Gasteiger partial charge on any atom is 0.256 e. The first-order chi connectivity index (χ1) is 10.7. The van der Waals surface area contributed by atoms with Gasteiger partial charge in [0, 0.05) is 31.6 Å². The predicted molar refractivity (Wildman–Crippen MR) is 88.8 cm³/mol. The Morgan fingerprint density at radius 3 is 3.05 bits per heavy atom. The van der Waals surface area contributed by atoms with Crippen LogP contribution in [-0.2, 0) is 19.5 Å². The van der Waals surface area contributed by atoms with Gasteiger partial charge in [-0.1, -0.05) is 35.9 Å². The summed E-state index contributed by atoms with van der Waals surface area (Å²) in [6.45, 7) is 2.25. The highest BCUT2D eigenvalue weighted by Crippen LogP contribution is 2.19. The van der Waals surface area contributed by atoms with E-state index >= 15 is 0 Å². The van der Waals surface area contributed by atoms with E-state index in [1.807, 2.05) is 30.5 Å². The molecule has 0 amide bonds. The van der Waals surface area contributed by atoms with E-state index in [0.29, 0.717) is 11.7 Å².